The van der Waals surface area contributed by atoms with Crippen molar-refractivity contribution < 1.29 is 14.4 Å². The Morgan fingerprint density at radius 1 is 0.975 bits per heavy atom. The van der Waals surface area contributed by atoms with Crippen molar-refractivity contribution >= 4 is 17.8 Å². The average molecular weight is 538 g/mol. The smallest absolute Gasteiger partial charge is 0.332 e. The number of carbonyl (C=O) groups is 3. The monoisotopic (exact) mass is 537 g/mol. The van der Waals surface area contributed by atoms with Gasteiger partial charge in [0.15, 0.2) is 0 Å². The topological polar surface area (TPSA) is 76.2 Å². The second kappa shape index (κ2) is 12.2. The number of hydrogen-bond donors (Lipinski definition) is 1. The number of nitrogens with one attached hydrogen (secondary N) is 1. The molecule has 3 aromatic carbocycles. The fourth-order valence-corrected chi connectivity index (χ4v) is 5.60. The van der Waals surface area contributed by atoms with E-state index in [1.54, 1.807) is 21.0 Å². The van der Waals surface area contributed by atoms with E-state index in [1.807, 2.05) is 103 Å². The maximum Gasteiger partial charge on any atom is 0.332 e. The molecule has 2 aliphatic rings. The third-order valence-electron chi connectivity index (χ3n) is 7.67. The van der Waals surface area contributed by atoms with Gasteiger partial charge >= 0.3 is 6.03 Å². The SMILES string of the molecule is C=CCN(C(=O)NCc1ccccc1)N1CC(=O)N2[C@@H](Cc3ccccc3)C(=O)N([C@@H](C)c3ccccc3)C[C@@H]21. The largest absolute Gasteiger partial charge is 0.333 e. The standard InChI is InChI=1S/C32H35N5O3/c1-3-19-35(32(40)33-21-26-15-9-5-10-16-26)36-23-30(38)37-28(20-25-13-7-4-8-14-25)31(39)34(22-29(36)37)24(2)27-17-11-6-12-18-27/h3-18,24,28-29H,1,19-23H2,2H3,(H,33,40)/t24-,28-,29+/m0/s1. The lowest BCUT2D eigenvalue weighted by atomic mass is 9.98. The predicted octanol–water partition coefficient (Wildman–Crippen LogP) is 3.98. The van der Waals surface area contributed by atoms with Crippen molar-refractivity contribution in [1.82, 2.24) is 25.1 Å². The van der Waals surface area contributed by atoms with E-state index in [4.69, 9.17) is 0 Å². The summed E-state index contributed by atoms with van der Waals surface area (Å²) in [5.74, 6) is -0.258. The molecule has 0 radical (unpaired) electrons. The lowest BCUT2D eigenvalue weighted by Crippen LogP contribution is -2.66. The molecule has 0 saturated carbocycles. The molecule has 0 unspecified atom stereocenters. The fourth-order valence-electron chi connectivity index (χ4n) is 5.60. The van der Waals surface area contributed by atoms with Crippen LogP contribution in [0.4, 0.5) is 4.79 Å². The van der Waals surface area contributed by atoms with Crippen molar-refractivity contribution in [3.8, 4) is 0 Å². The molecule has 4 amide bonds. The van der Waals surface area contributed by atoms with Crippen molar-refractivity contribution in [3.63, 3.8) is 0 Å². The molecule has 2 heterocycles. The van der Waals surface area contributed by atoms with Gasteiger partial charge in [-0.15, -0.1) is 6.58 Å². The van der Waals surface area contributed by atoms with Gasteiger partial charge in [0, 0.05) is 13.0 Å². The number of rotatable bonds is 9. The van der Waals surface area contributed by atoms with Crippen LogP contribution in [0.2, 0.25) is 0 Å². The zero-order valence-corrected chi connectivity index (χ0v) is 22.7. The number of hydrazine groups is 1. The second-order valence-electron chi connectivity index (χ2n) is 10.2. The van der Waals surface area contributed by atoms with Crippen LogP contribution >= 0.6 is 0 Å². The molecule has 8 nitrogen and oxygen atoms in total. The highest BCUT2D eigenvalue weighted by atomic mass is 16.2. The van der Waals surface area contributed by atoms with E-state index in [-0.39, 0.29) is 43.5 Å². The van der Waals surface area contributed by atoms with Crippen LogP contribution in [0.1, 0.15) is 29.7 Å². The zero-order chi connectivity index (χ0) is 28.1. The number of urea groups is 1. The van der Waals surface area contributed by atoms with E-state index in [9.17, 15) is 14.4 Å². The van der Waals surface area contributed by atoms with E-state index in [2.05, 4.69) is 11.9 Å². The summed E-state index contributed by atoms with van der Waals surface area (Å²) in [6.07, 6.45) is 1.55. The molecule has 2 aliphatic heterocycles. The Hall–Kier alpha value is -4.43. The van der Waals surface area contributed by atoms with E-state index < -0.39 is 12.2 Å². The molecular weight excluding hydrogens is 502 g/mol. The van der Waals surface area contributed by atoms with Crippen LogP contribution in [-0.4, -0.2) is 69.5 Å². The number of amides is 4. The molecule has 5 rings (SSSR count). The summed E-state index contributed by atoms with van der Waals surface area (Å²) in [6, 6.07) is 28.1. The molecule has 206 valence electrons. The lowest BCUT2D eigenvalue weighted by Gasteiger charge is -2.48. The van der Waals surface area contributed by atoms with Gasteiger partial charge in [-0.3, -0.25) is 14.6 Å². The molecule has 2 saturated heterocycles. The highest BCUT2D eigenvalue weighted by Crippen LogP contribution is 2.33. The van der Waals surface area contributed by atoms with Crippen molar-refractivity contribution in [2.75, 3.05) is 19.6 Å². The van der Waals surface area contributed by atoms with Gasteiger partial charge in [0.2, 0.25) is 11.8 Å². The number of fused-ring (bicyclic) bond motifs is 1. The first-order chi connectivity index (χ1) is 19.5. The summed E-state index contributed by atoms with van der Waals surface area (Å²) in [4.78, 5) is 44.6. The first kappa shape index (κ1) is 27.1. The molecule has 2 fully saturated rings. The highest BCUT2D eigenvalue weighted by Gasteiger charge is 2.52. The van der Waals surface area contributed by atoms with E-state index in [0.29, 0.717) is 13.0 Å². The van der Waals surface area contributed by atoms with Gasteiger partial charge in [-0.2, -0.15) is 5.01 Å². The summed E-state index contributed by atoms with van der Waals surface area (Å²) in [5, 5.41) is 6.31. The fraction of sp³-hybridized carbons (Fsp3) is 0.281. The molecular formula is C32H35N5O3. The Balaban J connectivity index is 1.45. The number of hydrogen-bond acceptors (Lipinski definition) is 4. The van der Waals surface area contributed by atoms with Crippen LogP contribution in [0.15, 0.2) is 104 Å². The molecule has 1 N–H and O–H groups in total. The summed E-state index contributed by atoms with van der Waals surface area (Å²) in [6.45, 7) is 6.73. The van der Waals surface area contributed by atoms with Gasteiger partial charge in [0.05, 0.1) is 25.7 Å². The maximum absolute atomic E-state index is 14.0. The second-order valence-corrected chi connectivity index (χ2v) is 10.2. The molecule has 3 atom stereocenters. The van der Waals surface area contributed by atoms with Crippen LogP contribution in [0.5, 0.6) is 0 Å². The normalized spacial score (nSPS) is 19.7. The Morgan fingerprint density at radius 2 is 1.57 bits per heavy atom. The number of carbonyl (C=O) groups excluding carboxylic acids is 3. The van der Waals surface area contributed by atoms with Crippen molar-refractivity contribution in [1.29, 1.82) is 0 Å². The summed E-state index contributed by atoms with van der Waals surface area (Å²) >= 11 is 0. The van der Waals surface area contributed by atoms with Gasteiger partial charge in [-0.1, -0.05) is 97.1 Å². The number of piperazine rings is 1. The molecule has 0 aliphatic carbocycles. The summed E-state index contributed by atoms with van der Waals surface area (Å²) < 4.78 is 0. The maximum atomic E-state index is 14.0. The van der Waals surface area contributed by atoms with E-state index in [1.165, 1.54) is 0 Å². The number of nitrogens with zero attached hydrogens (tertiary/aromatic N) is 4. The number of benzene rings is 3. The lowest BCUT2D eigenvalue weighted by molar-refractivity contribution is -0.159. The van der Waals surface area contributed by atoms with Crippen molar-refractivity contribution in [2.24, 2.45) is 0 Å². The van der Waals surface area contributed by atoms with Crippen LogP contribution in [0.3, 0.4) is 0 Å². The summed E-state index contributed by atoms with van der Waals surface area (Å²) in [7, 11) is 0. The minimum absolute atomic E-state index is 0.00336. The Kier molecular flexibility index (Phi) is 8.26. The van der Waals surface area contributed by atoms with E-state index >= 15 is 0 Å². The van der Waals surface area contributed by atoms with Crippen LogP contribution in [-0.2, 0) is 22.6 Å². The van der Waals surface area contributed by atoms with Gasteiger partial charge in [-0.05, 0) is 23.6 Å². The van der Waals surface area contributed by atoms with Crippen LogP contribution in [0, 0.1) is 0 Å². The van der Waals surface area contributed by atoms with Crippen molar-refractivity contribution in [2.45, 2.75) is 38.1 Å². The van der Waals surface area contributed by atoms with Crippen molar-refractivity contribution in [3.05, 3.63) is 120 Å². The molecule has 40 heavy (non-hydrogen) atoms. The zero-order valence-electron chi connectivity index (χ0n) is 22.7. The minimum Gasteiger partial charge on any atom is -0.333 e. The third-order valence-corrected chi connectivity index (χ3v) is 7.67. The predicted molar refractivity (Wildman–Crippen MR) is 153 cm³/mol. The van der Waals surface area contributed by atoms with Gasteiger partial charge in [-0.25, -0.2) is 4.79 Å². The molecule has 0 spiro atoms. The van der Waals surface area contributed by atoms with Gasteiger partial charge in [0.25, 0.3) is 0 Å². The Bertz CT molecular complexity index is 1330. The average Bonchev–Trinajstić information content (AvgIpc) is 3.32. The Labute approximate surface area is 235 Å². The van der Waals surface area contributed by atoms with Gasteiger partial charge in [0.1, 0.15) is 12.2 Å². The molecule has 3 aromatic rings. The molecule has 8 heteroatoms. The van der Waals surface area contributed by atoms with Crippen LogP contribution in [0.25, 0.3) is 0 Å². The third kappa shape index (κ3) is 5.62. The first-order valence-electron chi connectivity index (χ1n) is 13.6. The quantitative estimate of drug-likeness (QED) is 0.419. The Morgan fingerprint density at radius 3 is 2.20 bits per heavy atom. The minimum atomic E-state index is -0.678. The van der Waals surface area contributed by atoms with Crippen LogP contribution < -0.4 is 5.32 Å². The first-order valence-corrected chi connectivity index (χ1v) is 13.6. The summed E-state index contributed by atoms with van der Waals surface area (Å²) in [5.41, 5.74) is 2.97. The molecule has 0 bridgehead atoms. The highest BCUT2D eigenvalue weighted by molar-refractivity contribution is 5.92. The van der Waals surface area contributed by atoms with Gasteiger partial charge < -0.3 is 15.1 Å². The van der Waals surface area contributed by atoms with E-state index in [0.717, 1.165) is 16.7 Å². The molecule has 0 aromatic heterocycles.